The minimum Gasteiger partial charge on any atom is -0.465 e. The number of nitrogens with one attached hydrogen (secondary N) is 1. The van der Waals surface area contributed by atoms with Crippen molar-refractivity contribution < 1.29 is 18.8 Å². The molecule has 0 saturated carbocycles. The zero-order valence-electron chi connectivity index (χ0n) is 11.8. The monoisotopic (exact) mass is 290 g/mol. The maximum Gasteiger partial charge on any atom is 0.370 e. The van der Waals surface area contributed by atoms with Crippen molar-refractivity contribution in [3.05, 3.63) is 51.5 Å². The van der Waals surface area contributed by atoms with Crippen molar-refractivity contribution in [3.63, 3.8) is 0 Å². The zero-order valence-corrected chi connectivity index (χ0v) is 11.8. The fourth-order valence-corrected chi connectivity index (χ4v) is 1.84. The van der Waals surface area contributed by atoms with Crippen LogP contribution in [0.2, 0.25) is 0 Å². The Hall–Kier alpha value is -2.83. The summed E-state index contributed by atoms with van der Waals surface area (Å²) in [5.74, 6) is -1.11. The van der Waals surface area contributed by atoms with E-state index in [1.165, 1.54) is 25.0 Å². The van der Waals surface area contributed by atoms with Crippen LogP contribution in [0.15, 0.2) is 33.6 Å². The van der Waals surface area contributed by atoms with E-state index in [0.29, 0.717) is 16.9 Å². The molecule has 0 radical (unpaired) electrons. The Labute approximate surface area is 120 Å². The molecule has 0 aliphatic carbocycles. The Morgan fingerprint density at radius 2 is 2.05 bits per heavy atom. The van der Waals surface area contributed by atoms with E-state index >= 15 is 0 Å². The van der Waals surface area contributed by atoms with Gasteiger partial charge < -0.3 is 14.6 Å². The highest BCUT2D eigenvalue weighted by Gasteiger charge is 2.20. The Kier molecular flexibility index (Phi) is 3.93. The number of rotatable bonds is 3. The van der Waals surface area contributed by atoms with Crippen LogP contribution in [0.5, 0.6) is 0 Å². The second-order valence-electron chi connectivity index (χ2n) is 4.36. The standard InChI is InChI=1S/C14H14N2O5/c1-8-11(14(19)21-16(8)2)12(17)15-10-6-4-5-9(7-10)13(18)20-3/h4-7H,1-3H3,(H,15,17). The van der Waals surface area contributed by atoms with Crippen LogP contribution in [-0.2, 0) is 11.8 Å². The summed E-state index contributed by atoms with van der Waals surface area (Å²) in [6.07, 6.45) is 0. The fraction of sp³-hybridized carbons (Fsp3) is 0.214. The van der Waals surface area contributed by atoms with Gasteiger partial charge in [-0.15, -0.1) is 0 Å². The van der Waals surface area contributed by atoms with Gasteiger partial charge in [0.25, 0.3) is 5.91 Å². The number of nitrogens with zero attached hydrogens (tertiary/aromatic N) is 1. The average Bonchev–Trinajstić information content (AvgIpc) is 2.71. The van der Waals surface area contributed by atoms with Crippen molar-refractivity contribution in [2.24, 2.45) is 7.05 Å². The number of anilines is 1. The number of benzene rings is 1. The number of hydrogen-bond donors (Lipinski definition) is 1. The summed E-state index contributed by atoms with van der Waals surface area (Å²) in [4.78, 5) is 35.1. The smallest absolute Gasteiger partial charge is 0.370 e. The zero-order chi connectivity index (χ0) is 15.6. The van der Waals surface area contributed by atoms with Crippen molar-refractivity contribution in [2.45, 2.75) is 6.92 Å². The van der Waals surface area contributed by atoms with Crippen LogP contribution in [0.25, 0.3) is 0 Å². The van der Waals surface area contributed by atoms with Gasteiger partial charge in [-0.05, 0) is 25.1 Å². The van der Waals surface area contributed by atoms with E-state index in [4.69, 9.17) is 4.52 Å². The van der Waals surface area contributed by atoms with Crippen LogP contribution in [0.3, 0.4) is 0 Å². The highest BCUT2D eigenvalue weighted by atomic mass is 16.5. The Morgan fingerprint density at radius 3 is 2.62 bits per heavy atom. The summed E-state index contributed by atoms with van der Waals surface area (Å²) >= 11 is 0. The Morgan fingerprint density at radius 1 is 1.33 bits per heavy atom. The third kappa shape index (κ3) is 2.86. The number of ether oxygens (including phenoxy) is 1. The maximum absolute atomic E-state index is 12.1. The first-order valence-electron chi connectivity index (χ1n) is 6.10. The van der Waals surface area contributed by atoms with E-state index in [-0.39, 0.29) is 5.56 Å². The number of carbonyl (C=O) groups excluding carboxylic acids is 2. The van der Waals surface area contributed by atoms with Gasteiger partial charge in [0.05, 0.1) is 18.4 Å². The first kappa shape index (κ1) is 14.6. The molecule has 21 heavy (non-hydrogen) atoms. The molecule has 2 aromatic rings. The van der Waals surface area contributed by atoms with Crippen molar-refractivity contribution in [1.82, 2.24) is 4.74 Å². The largest absolute Gasteiger partial charge is 0.465 e. The van der Waals surface area contributed by atoms with Gasteiger partial charge in [-0.1, -0.05) is 6.07 Å². The molecule has 1 amide bonds. The van der Waals surface area contributed by atoms with Crippen molar-refractivity contribution in [3.8, 4) is 0 Å². The first-order chi connectivity index (χ1) is 9.93. The van der Waals surface area contributed by atoms with E-state index in [0.717, 1.165) is 0 Å². The van der Waals surface area contributed by atoms with Crippen LogP contribution < -0.4 is 10.9 Å². The summed E-state index contributed by atoms with van der Waals surface area (Å²) in [5.41, 5.74) is 0.317. The van der Waals surface area contributed by atoms with Crippen LogP contribution >= 0.6 is 0 Å². The molecule has 0 aliphatic rings. The molecule has 1 aromatic carbocycles. The topological polar surface area (TPSA) is 90.5 Å². The van der Waals surface area contributed by atoms with E-state index in [1.54, 1.807) is 25.1 Å². The second kappa shape index (κ2) is 5.66. The molecule has 0 fully saturated rings. The molecule has 0 aliphatic heterocycles. The van der Waals surface area contributed by atoms with Crippen molar-refractivity contribution in [1.29, 1.82) is 0 Å². The van der Waals surface area contributed by atoms with Gasteiger partial charge >= 0.3 is 11.6 Å². The fourth-order valence-electron chi connectivity index (χ4n) is 1.84. The van der Waals surface area contributed by atoms with Gasteiger partial charge in [0.1, 0.15) is 5.56 Å². The number of aromatic nitrogens is 1. The van der Waals surface area contributed by atoms with Crippen LogP contribution in [0.4, 0.5) is 5.69 Å². The number of aryl methyl sites for hydroxylation is 1. The number of methoxy groups -OCH3 is 1. The lowest BCUT2D eigenvalue weighted by Crippen LogP contribution is -2.19. The highest BCUT2D eigenvalue weighted by Crippen LogP contribution is 2.13. The summed E-state index contributed by atoms with van der Waals surface area (Å²) < 4.78 is 10.6. The summed E-state index contributed by atoms with van der Waals surface area (Å²) in [6, 6.07) is 6.22. The molecule has 110 valence electrons. The Balaban J connectivity index is 2.28. The van der Waals surface area contributed by atoms with Crippen LogP contribution in [0.1, 0.15) is 26.4 Å². The molecule has 0 unspecified atom stereocenters. The molecule has 1 aromatic heterocycles. The van der Waals surface area contributed by atoms with E-state index in [9.17, 15) is 14.4 Å². The lowest BCUT2D eigenvalue weighted by Gasteiger charge is -2.05. The van der Waals surface area contributed by atoms with Crippen molar-refractivity contribution >= 4 is 17.6 Å². The van der Waals surface area contributed by atoms with Gasteiger partial charge in [0.15, 0.2) is 0 Å². The lowest BCUT2D eigenvalue weighted by molar-refractivity contribution is 0.0600. The summed E-state index contributed by atoms with van der Waals surface area (Å²) in [6.45, 7) is 1.60. The quantitative estimate of drug-likeness (QED) is 0.861. The van der Waals surface area contributed by atoms with E-state index in [2.05, 4.69) is 10.1 Å². The minimum atomic E-state index is -0.711. The number of hydrogen-bond acceptors (Lipinski definition) is 5. The molecule has 7 heteroatoms. The summed E-state index contributed by atoms with van der Waals surface area (Å²) in [5, 5.41) is 2.55. The van der Waals surface area contributed by atoms with E-state index < -0.39 is 17.5 Å². The van der Waals surface area contributed by atoms with Gasteiger partial charge in [-0.3, -0.25) is 4.79 Å². The summed E-state index contributed by atoms with van der Waals surface area (Å²) in [7, 11) is 2.80. The van der Waals surface area contributed by atoms with Crippen LogP contribution in [0, 0.1) is 6.92 Å². The molecule has 7 nitrogen and oxygen atoms in total. The highest BCUT2D eigenvalue weighted by molar-refractivity contribution is 6.05. The first-order valence-corrected chi connectivity index (χ1v) is 6.10. The number of amides is 1. The Bertz CT molecular complexity index is 757. The number of carbonyl (C=O) groups is 2. The second-order valence-corrected chi connectivity index (χ2v) is 4.36. The van der Waals surface area contributed by atoms with Crippen LogP contribution in [-0.4, -0.2) is 23.7 Å². The lowest BCUT2D eigenvalue weighted by atomic mass is 10.2. The van der Waals surface area contributed by atoms with Gasteiger partial charge in [-0.2, -0.15) is 0 Å². The molecule has 2 rings (SSSR count). The molecule has 1 heterocycles. The third-order valence-corrected chi connectivity index (χ3v) is 3.03. The SMILES string of the molecule is COC(=O)c1cccc(NC(=O)c2c(C)n(C)oc2=O)c1. The van der Waals surface area contributed by atoms with E-state index in [1.807, 2.05) is 0 Å². The maximum atomic E-state index is 12.1. The van der Waals surface area contributed by atoms with Gasteiger partial charge in [0.2, 0.25) is 0 Å². The number of esters is 1. The molecule has 0 bridgehead atoms. The molecular formula is C14H14N2O5. The normalized spacial score (nSPS) is 10.2. The molecule has 0 spiro atoms. The molecule has 0 atom stereocenters. The predicted molar refractivity (Wildman–Crippen MR) is 74.4 cm³/mol. The third-order valence-electron chi connectivity index (χ3n) is 3.03. The van der Waals surface area contributed by atoms with Crippen molar-refractivity contribution in [2.75, 3.05) is 12.4 Å². The van der Waals surface area contributed by atoms with Gasteiger partial charge in [-0.25, -0.2) is 14.3 Å². The average molecular weight is 290 g/mol. The predicted octanol–water partition coefficient (Wildman–Crippen LogP) is 1.33. The molecule has 0 saturated heterocycles. The molecular weight excluding hydrogens is 276 g/mol. The molecule has 1 N–H and O–H groups in total. The minimum absolute atomic E-state index is 0.0685. The van der Waals surface area contributed by atoms with Gasteiger partial charge in [0, 0.05) is 12.7 Å².